The van der Waals surface area contributed by atoms with Crippen molar-refractivity contribution in [2.75, 3.05) is 13.1 Å². The molecule has 1 fully saturated rings. The lowest BCUT2D eigenvalue weighted by Gasteiger charge is -2.25. The van der Waals surface area contributed by atoms with E-state index < -0.39 is 10.0 Å². The Morgan fingerprint density at radius 3 is 2.22 bits per heavy atom. The Morgan fingerprint density at radius 1 is 0.781 bits per heavy atom. The van der Waals surface area contributed by atoms with Crippen molar-refractivity contribution in [1.82, 2.24) is 9.29 Å². The number of rotatable bonds is 4. The molecule has 0 aliphatic carbocycles. The van der Waals surface area contributed by atoms with Crippen LogP contribution in [0.25, 0.3) is 33.3 Å². The molecule has 0 saturated carbocycles. The lowest BCUT2D eigenvalue weighted by atomic mass is 9.98. The van der Waals surface area contributed by atoms with E-state index in [1.54, 1.807) is 16.4 Å². The molecule has 0 spiro atoms. The van der Waals surface area contributed by atoms with E-state index in [2.05, 4.69) is 12.1 Å². The van der Waals surface area contributed by atoms with E-state index in [1.807, 2.05) is 54.6 Å². The summed E-state index contributed by atoms with van der Waals surface area (Å²) in [7, 11) is -3.45. The number of aromatic nitrogens is 1. The Hall–Kier alpha value is -2.73. The SMILES string of the molecule is O=S(=O)(c1ccc(-c2cc(-c3ccccc3)c3cc(Cl)ccc3n2)cc1)N1CCCCC1. The number of piperidine rings is 1. The van der Waals surface area contributed by atoms with Gasteiger partial charge >= 0.3 is 0 Å². The lowest BCUT2D eigenvalue weighted by molar-refractivity contribution is 0.346. The summed E-state index contributed by atoms with van der Waals surface area (Å²) in [6.45, 7) is 1.19. The van der Waals surface area contributed by atoms with Crippen molar-refractivity contribution in [2.24, 2.45) is 0 Å². The zero-order valence-electron chi connectivity index (χ0n) is 17.5. The number of fused-ring (bicyclic) bond motifs is 1. The largest absolute Gasteiger partial charge is 0.248 e. The number of nitrogens with zero attached hydrogens (tertiary/aromatic N) is 2. The average molecular weight is 463 g/mol. The maximum atomic E-state index is 13.0. The van der Waals surface area contributed by atoms with Crippen LogP contribution in [0.2, 0.25) is 5.02 Å². The van der Waals surface area contributed by atoms with Gasteiger partial charge in [0.2, 0.25) is 10.0 Å². The molecule has 0 unspecified atom stereocenters. The van der Waals surface area contributed by atoms with Gasteiger partial charge in [-0.05, 0) is 60.4 Å². The van der Waals surface area contributed by atoms with E-state index in [4.69, 9.17) is 16.6 Å². The summed E-state index contributed by atoms with van der Waals surface area (Å²) in [5.41, 5.74) is 4.62. The Bertz CT molecular complexity index is 1360. The second kappa shape index (κ2) is 8.66. The molecule has 3 aromatic carbocycles. The van der Waals surface area contributed by atoms with E-state index >= 15 is 0 Å². The average Bonchev–Trinajstić information content (AvgIpc) is 2.84. The first-order valence-corrected chi connectivity index (χ1v) is 12.6. The van der Waals surface area contributed by atoms with Gasteiger partial charge in [0.25, 0.3) is 0 Å². The summed E-state index contributed by atoms with van der Waals surface area (Å²) < 4.78 is 27.6. The van der Waals surface area contributed by atoms with E-state index in [-0.39, 0.29) is 0 Å². The molecular formula is C26H23ClN2O2S. The second-order valence-corrected chi connectivity index (χ2v) is 10.4. The Morgan fingerprint density at radius 2 is 1.50 bits per heavy atom. The molecule has 1 aliphatic rings. The molecule has 1 aromatic heterocycles. The molecule has 162 valence electrons. The normalized spacial score (nSPS) is 15.2. The molecule has 0 amide bonds. The molecule has 4 nitrogen and oxygen atoms in total. The smallest absolute Gasteiger partial charge is 0.243 e. The highest BCUT2D eigenvalue weighted by Gasteiger charge is 2.25. The monoisotopic (exact) mass is 462 g/mol. The first-order chi connectivity index (χ1) is 15.5. The van der Waals surface area contributed by atoms with E-state index in [0.29, 0.717) is 23.0 Å². The van der Waals surface area contributed by atoms with Gasteiger partial charge in [0.05, 0.1) is 16.1 Å². The number of benzene rings is 3. The number of hydrogen-bond donors (Lipinski definition) is 0. The molecule has 32 heavy (non-hydrogen) atoms. The first-order valence-electron chi connectivity index (χ1n) is 10.8. The van der Waals surface area contributed by atoms with Crippen LogP contribution in [0.15, 0.2) is 83.8 Å². The fourth-order valence-corrected chi connectivity index (χ4v) is 5.94. The minimum atomic E-state index is -3.45. The van der Waals surface area contributed by atoms with E-state index in [1.165, 1.54) is 0 Å². The van der Waals surface area contributed by atoms with E-state index in [9.17, 15) is 8.42 Å². The second-order valence-electron chi connectivity index (χ2n) is 8.07. The highest BCUT2D eigenvalue weighted by atomic mass is 35.5. The summed E-state index contributed by atoms with van der Waals surface area (Å²) >= 11 is 6.27. The summed E-state index contributed by atoms with van der Waals surface area (Å²) in [4.78, 5) is 5.17. The third kappa shape index (κ3) is 4.04. The van der Waals surface area contributed by atoms with Crippen molar-refractivity contribution in [3.05, 3.63) is 83.9 Å². The van der Waals surface area contributed by atoms with Crippen LogP contribution in [-0.4, -0.2) is 30.8 Å². The van der Waals surface area contributed by atoms with Crippen molar-refractivity contribution in [1.29, 1.82) is 0 Å². The van der Waals surface area contributed by atoms with Crippen LogP contribution in [-0.2, 0) is 10.0 Å². The van der Waals surface area contributed by atoms with Crippen LogP contribution in [0.4, 0.5) is 0 Å². The van der Waals surface area contributed by atoms with Gasteiger partial charge in [-0.15, -0.1) is 0 Å². The first kappa shape index (κ1) is 21.1. The van der Waals surface area contributed by atoms with Crippen LogP contribution in [0.3, 0.4) is 0 Å². The Balaban J connectivity index is 1.57. The van der Waals surface area contributed by atoms with Gasteiger partial charge in [0.1, 0.15) is 0 Å². The van der Waals surface area contributed by atoms with Gasteiger partial charge in [0, 0.05) is 29.1 Å². The minimum Gasteiger partial charge on any atom is -0.248 e. The van der Waals surface area contributed by atoms with Crippen LogP contribution < -0.4 is 0 Å². The highest BCUT2D eigenvalue weighted by Crippen LogP contribution is 2.34. The molecule has 4 aromatic rings. The predicted octanol–water partition coefficient (Wildman–Crippen LogP) is 6.40. The fraction of sp³-hybridized carbons (Fsp3) is 0.192. The molecule has 2 heterocycles. The molecule has 1 saturated heterocycles. The Kier molecular flexibility index (Phi) is 5.72. The molecule has 0 bridgehead atoms. The lowest BCUT2D eigenvalue weighted by Crippen LogP contribution is -2.35. The molecule has 1 aliphatic heterocycles. The van der Waals surface area contributed by atoms with Crippen molar-refractivity contribution >= 4 is 32.5 Å². The quantitative estimate of drug-likeness (QED) is 0.352. The summed E-state index contributed by atoms with van der Waals surface area (Å²) in [6, 6.07) is 24.9. The summed E-state index contributed by atoms with van der Waals surface area (Å²) in [6.07, 6.45) is 2.93. The number of hydrogen-bond acceptors (Lipinski definition) is 3. The van der Waals surface area contributed by atoms with Crippen LogP contribution in [0.1, 0.15) is 19.3 Å². The summed E-state index contributed by atoms with van der Waals surface area (Å²) in [5.74, 6) is 0. The fourth-order valence-electron chi connectivity index (χ4n) is 4.25. The van der Waals surface area contributed by atoms with Crippen LogP contribution in [0, 0.1) is 0 Å². The molecule has 6 heteroatoms. The van der Waals surface area contributed by atoms with Gasteiger partial charge in [-0.2, -0.15) is 4.31 Å². The molecule has 0 atom stereocenters. The zero-order valence-corrected chi connectivity index (χ0v) is 19.1. The maximum absolute atomic E-state index is 13.0. The van der Waals surface area contributed by atoms with Gasteiger partial charge < -0.3 is 0 Å². The van der Waals surface area contributed by atoms with Gasteiger partial charge in [0.15, 0.2) is 0 Å². The number of sulfonamides is 1. The zero-order chi connectivity index (χ0) is 22.1. The molecule has 0 N–H and O–H groups in total. The maximum Gasteiger partial charge on any atom is 0.243 e. The predicted molar refractivity (Wildman–Crippen MR) is 130 cm³/mol. The van der Waals surface area contributed by atoms with E-state index in [0.717, 1.165) is 52.5 Å². The molecular weight excluding hydrogens is 440 g/mol. The minimum absolute atomic E-state index is 0.332. The van der Waals surface area contributed by atoms with Gasteiger partial charge in [-0.25, -0.2) is 13.4 Å². The number of halogens is 1. The molecule has 5 rings (SSSR count). The van der Waals surface area contributed by atoms with Gasteiger partial charge in [-0.1, -0.05) is 60.5 Å². The van der Waals surface area contributed by atoms with Crippen molar-refractivity contribution in [3.8, 4) is 22.4 Å². The molecule has 0 radical (unpaired) electrons. The van der Waals surface area contributed by atoms with Crippen molar-refractivity contribution in [3.63, 3.8) is 0 Å². The summed E-state index contributed by atoms with van der Waals surface area (Å²) in [5, 5.41) is 1.65. The van der Waals surface area contributed by atoms with Gasteiger partial charge in [-0.3, -0.25) is 0 Å². The third-order valence-electron chi connectivity index (χ3n) is 5.96. The Labute approximate surface area is 193 Å². The third-order valence-corrected chi connectivity index (χ3v) is 8.11. The topological polar surface area (TPSA) is 50.3 Å². The number of pyridine rings is 1. The van der Waals surface area contributed by atoms with Crippen molar-refractivity contribution < 1.29 is 8.42 Å². The highest BCUT2D eigenvalue weighted by molar-refractivity contribution is 7.89. The van der Waals surface area contributed by atoms with Crippen LogP contribution in [0.5, 0.6) is 0 Å². The van der Waals surface area contributed by atoms with Crippen LogP contribution >= 0.6 is 11.6 Å². The standard InChI is InChI=1S/C26H23ClN2O2S/c27-21-11-14-25-24(17-21)23(19-7-3-1-4-8-19)18-26(28-25)20-9-12-22(13-10-20)32(30,31)29-15-5-2-6-16-29/h1,3-4,7-14,17-18H,2,5-6,15-16H2. The van der Waals surface area contributed by atoms with Crippen molar-refractivity contribution in [2.45, 2.75) is 24.2 Å².